The molecule has 0 bridgehead atoms. The molecular weight excluding hydrogens is 352 g/mol. The minimum Gasteiger partial charge on any atom is -0.325 e. The van der Waals surface area contributed by atoms with Crippen molar-refractivity contribution in [2.75, 3.05) is 11.9 Å². The Balaban J connectivity index is 1.39. The van der Waals surface area contributed by atoms with Gasteiger partial charge in [0.1, 0.15) is 17.1 Å². The summed E-state index contributed by atoms with van der Waals surface area (Å²) in [6, 6.07) is 6.78. The summed E-state index contributed by atoms with van der Waals surface area (Å²) >= 11 is 1.54. The van der Waals surface area contributed by atoms with Gasteiger partial charge in [-0.1, -0.05) is 0 Å². The molecule has 1 aromatic carbocycles. The van der Waals surface area contributed by atoms with Crippen molar-refractivity contribution < 1.29 is 14.4 Å². The van der Waals surface area contributed by atoms with E-state index >= 15 is 0 Å². The number of carbonyl (C=O) groups is 3. The molecule has 4 rings (SSSR count). The van der Waals surface area contributed by atoms with Gasteiger partial charge in [0, 0.05) is 22.8 Å². The number of nitrogens with one attached hydrogen (secondary N) is 2. The highest BCUT2D eigenvalue weighted by Crippen LogP contribution is 2.42. The van der Waals surface area contributed by atoms with Crippen LogP contribution < -0.4 is 10.6 Å². The maximum Gasteiger partial charge on any atom is 0.325 e. The number of thiazole rings is 1. The third-order valence-corrected chi connectivity index (χ3v) is 5.67. The lowest BCUT2D eigenvalue weighted by molar-refractivity contribution is -0.134. The number of hydrogen-bond acceptors (Lipinski definition) is 5. The average molecular weight is 370 g/mol. The van der Waals surface area contributed by atoms with Crippen molar-refractivity contribution >= 4 is 34.9 Å². The smallest absolute Gasteiger partial charge is 0.325 e. The number of hydrogen-bond donors (Lipinski definition) is 2. The van der Waals surface area contributed by atoms with Crippen molar-refractivity contribution in [3.05, 3.63) is 35.8 Å². The molecule has 1 atom stereocenters. The number of benzene rings is 1. The van der Waals surface area contributed by atoms with E-state index in [0.29, 0.717) is 5.69 Å². The van der Waals surface area contributed by atoms with E-state index in [9.17, 15) is 14.4 Å². The van der Waals surface area contributed by atoms with Crippen molar-refractivity contribution in [2.24, 2.45) is 5.92 Å². The summed E-state index contributed by atoms with van der Waals surface area (Å²) in [4.78, 5) is 42.2. The number of nitrogens with zero attached hydrogens (tertiary/aromatic N) is 2. The van der Waals surface area contributed by atoms with Gasteiger partial charge in [-0.25, -0.2) is 9.78 Å². The van der Waals surface area contributed by atoms with Gasteiger partial charge >= 0.3 is 6.03 Å². The fourth-order valence-electron chi connectivity index (χ4n) is 3.20. The normalized spacial score (nSPS) is 22.4. The molecule has 0 spiro atoms. The zero-order chi connectivity index (χ0) is 18.3. The van der Waals surface area contributed by atoms with Crippen molar-refractivity contribution in [3.8, 4) is 10.6 Å². The summed E-state index contributed by atoms with van der Waals surface area (Å²) in [7, 11) is 0. The van der Waals surface area contributed by atoms with Crippen LogP contribution in [0.3, 0.4) is 0 Å². The van der Waals surface area contributed by atoms with Crippen LogP contribution in [0.1, 0.15) is 19.8 Å². The molecule has 1 saturated heterocycles. The summed E-state index contributed by atoms with van der Waals surface area (Å²) in [6.45, 7) is 1.45. The summed E-state index contributed by atoms with van der Waals surface area (Å²) in [6.07, 6.45) is 3.59. The van der Waals surface area contributed by atoms with E-state index in [0.717, 1.165) is 28.3 Å². The van der Waals surface area contributed by atoms with Crippen molar-refractivity contribution in [2.45, 2.75) is 25.3 Å². The van der Waals surface area contributed by atoms with Crippen LogP contribution in [-0.4, -0.2) is 39.8 Å². The molecule has 1 saturated carbocycles. The summed E-state index contributed by atoms with van der Waals surface area (Å²) in [5, 5.41) is 8.27. The predicted molar refractivity (Wildman–Crippen MR) is 97.6 cm³/mol. The number of urea groups is 1. The molecule has 2 aliphatic rings. The molecular formula is C18H18N4O3S. The van der Waals surface area contributed by atoms with Gasteiger partial charge in [0.05, 0.1) is 0 Å². The molecule has 1 unspecified atom stereocenters. The zero-order valence-corrected chi connectivity index (χ0v) is 15.0. The number of rotatable bonds is 5. The number of aromatic nitrogens is 1. The highest BCUT2D eigenvalue weighted by Gasteiger charge is 2.56. The quantitative estimate of drug-likeness (QED) is 0.791. The molecule has 1 aliphatic heterocycles. The van der Waals surface area contributed by atoms with Gasteiger partial charge in [0.25, 0.3) is 5.91 Å². The highest BCUT2D eigenvalue weighted by atomic mass is 32.1. The van der Waals surface area contributed by atoms with Gasteiger partial charge < -0.3 is 10.6 Å². The lowest BCUT2D eigenvalue weighted by atomic mass is 9.96. The fourth-order valence-corrected chi connectivity index (χ4v) is 3.85. The van der Waals surface area contributed by atoms with E-state index in [1.165, 1.54) is 11.3 Å². The second-order valence-corrected chi connectivity index (χ2v) is 7.66. The molecule has 1 aromatic heterocycles. The molecule has 2 aromatic rings. The molecule has 4 amide bonds. The molecule has 2 N–H and O–H groups in total. The maximum absolute atomic E-state index is 12.5. The van der Waals surface area contributed by atoms with Crippen LogP contribution in [0.25, 0.3) is 10.6 Å². The Morgan fingerprint density at radius 2 is 2.08 bits per heavy atom. The second kappa shape index (κ2) is 6.21. The van der Waals surface area contributed by atoms with E-state index in [1.807, 2.05) is 17.5 Å². The summed E-state index contributed by atoms with van der Waals surface area (Å²) in [5.41, 5.74) is 0.701. The Kier molecular flexibility index (Phi) is 3.99. The van der Waals surface area contributed by atoms with E-state index in [4.69, 9.17) is 0 Å². The third kappa shape index (κ3) is 2.96. The van der Waals surface area contributed by atoms with Crippen LogP contribution in [0.2, 0.25) is 0 Å². The van der Waals surface area contributed by atoms with E-state index < -0.39 is 17.5 Å². The highest BCUT2D eigenvalue weighted by molar-refractivity contribution is 7.13. The Morgan fingerprint density at radius 1 is 1.35 bits per heavy atom. The van der Waals surface area contributed by atoms with Crippen LogP contribution in [-0.2, 0) is 9.59 Å². The van der Waals surface area contributed by atoms with E-state index in [2.05, 4.69) is 15.6 Å². The molecule has 134 valence electrons. The first-order chi connectivity index (χ1) is 12.5. The summed E-state index contributed by atoms with van der Waals surface area (Å²) < 4.78 is 0. The van der Waals surface area contributed by atoms with Crippen LogP contribution in [0.5, 0.6) is 0 Å². The second-order valence-electron chi connectivity index (χ2n) is 6.76. The lowest BCUT2D eigenvalue weighted by Gasteiger charge is -2.20. The van der Waals surface area contributed by atoms with Crippen molar-refractivity contribution in [1.82, 2.24) is 15.2 Å². The van der Waals surface area contributed by atoms with Gasteiger partial charge in [-0.05, 0) is 49.9 Å². The van der Waals surface area contributed by atoms with Crippen LogP contribution in [0, 0.1) is 5.92 Å². The Morgan fingerprint density at radius 3 is 2.69 bits per heavy atom. The molecule has 8 heteroatoms. The van der Waals surface area contributed by atoms with E-state index in [-0.39, 0.29) is 18.4 Å². The van der Waals surface area contributed by atoms with Crippen molar-refractivity contribution in [1.29, 1.82) is 0 Å². The van der Waals surface area contributed by atoms with Crippen LogP contribution >= 0.6 is 11.3 Å². The standard InChI is InChI=1S/C18H18N4O3S/c1-18(12-4-5-12)16(24)22(17(25)21-18)10-14(23)20-13-6-2-11(3-7-13)15-19-8-9-26-15/h2-3,6-9,12H,4-5,10H2,1H3,(H,20,23)(H,21,25). The zero-order valence-electron chi connectivity index (χ0n) is 14.2. The molecule has 26 heavy (non-hydrogen) atoms. The topological polar surface area (TPSA) is 91.4 Å². The van der Waals surface area contributed by atoms with Crippen molar-refractivity contribution in [3.63, 3.8) is 0 Å². The van der Waals surface area contributed by atoms with Gasteiger partial charge in [-0.2, -0.15) is 0 Å². The minimum absolute atomic E-state index is 0.172. The van der Waals surface area contributed by atoms with Gasteiger partial charge in [0.2, 0.25) is 5.91 Å². The third-order valence-electron chi connectivity index (χ3n) is 4.84. The van der Waals surface area contributed by atoms with E-state index in [1.54, 1.807) is 25.3 Å². The first-order valence-electron chi connectivity index (χ1n) is 8.41. The monoisotopic (exact) mass is 370 g/mol. The molecule has 0 radical (unpaired) electrons. The molecule has 2 fully saturated rings. The SMILES string of the molecule is CC1(C2CC2)NC(=O)N(CC(=O)Nc2ccc(-c3nccs3)cc2)C1=O. The minimum atomic E-state index is -0.868. The Labute approximate surface area is 154 Å². The summed E-state index contributed by atoms with van der Waals surface area (Å²) in [5.74, 6) is -0.555. The molecule has 2 heterocycles. The Bertz CT molecular complexity index is 861. The lowest BCUT2D eigenvalue weighted by Crippen LogP contribution is -2.46. The van der Waals surface area contributed by atoms with Crippen LogP contribution in [0.15, 0.2) is 35.8 Å². The number of carbonyl (C=O) groups excluding carboxylic acids is 3. The molecule has 1 aliphatic carbocycles. The number of imide groups is 1. The largest absolute Gasteiger partial charge is 0.325 e. The average Bonchev–Trinajstić information content (AvgIpc) is 3.30. The van der Waals surface area contributed by atoms with Crippen LogP contribution in [0.4, 0.5) is 10.5 Å². The molecule has 7 nitrogen and oxygen atoms in total. The first-order valence-corrected chi connectivity index (χ1v) is 9.29. The number of amides is 4. The predicted octanol–water partition coefficient (Wildman–Crippen LogP) is 2.47. The fraction of sp³-hybridized carbons (Fsp3) is 0.333. The number of anilines is 1. The first kappa shape index (κ1) is 16.7. The van der Waals surface area contributed by atoms with Gasteiger partial charge in [0.15, 0.2) is 0 Å². The Hall–Kier alpha value is -2.74. The maximum atomic E-state index is 12.5. The van der Waals surface area contributed by atoms with Gasteiger partial charge in [-0.15, -0.1) is 11.3 Å². The van der Waals surface area contributed by atoms with Gasteiger partial charge in [-0.3, -0.25) is 14.5 Å².